The number of ether oxygens (including phenoxy) is 1. The predicted octanol–water partition coefficient (Wildman–Crippen LogP) is 2.87. The van der Waals surface area contributed by atoms with Crippen molar-refractivity contribution in [1.29, 1.82) is 0 Å². The number of hydrogen-bond donors (Lipinski definition) is 3. The first-order valence-corrected chi connectivity index (χ1v) is 8.00. The summed E-state index contributed by atoms with van der Waals surface area (Å²) >= 11 is 0. The Kier molecular flexibility index (Phi) is 5.28. The van der Waals surface area contributed by atoms with Gasteiger partial charge in [-0.2, -0.15) is 4.98 Å². The molecule has 0 aliphatic carbocycles. The van der Waals surface area contributed by atoms with Gasteiger partial charge >= 0.3 is 0 Å². The lowest BCUT2D eigenvalue weighted by Gasteiger charge is -2.16. The van der Waals surface area contributed by atoms with Crippen LogP contribution in [0.2, 0.25) is 0 Å². The van der Waals surface area contributed by atoms with Crippen molar-refractivity contribution in [1.82, 2.24) is 9.97 Å². The lowest BCUT2D eigenvalue weighted by Crippen LogP contribution is -2.28. The Balaban J connectivity index is 1.79. The molecule has 0 fully saturated rings. The summed E-state index contributed by atoms with van der Waals surface area (Å²) < 4.78 is 5.21. The van der Waals surface area contributed by atoms with Gasteiger partial charge in [-0.15, -0.1) is 0 Å². The average Bonchev–Trinajstić information content (AvgIpc) is 2.67. The molecule has 7 heteroatoms. The van der Waals surface area contributed by atoms with Gasteiger partial charge in [0.15, 0.2) is 0 Å². The molecule has 1 heterocycles. The average molecular weight is 349 g/mol. The fraction of sp³-hybridized carbons (Fsp3) is 0.105. The smallest absolute Gasteiger partial charge is 0.244 e. The molecular formula is C19H19N5O2. The number of rotatable bonds is 7. The molecule has 132 valence electrons. The highest BCUT2D eigenvalue weighted by atomic mass is 16.5. The highest BCUT2D eigenvalue weighted by Crippen LogP contribution is 2.22. The molecule has 3 rings (SSSR count). The fourth-order valence-corrected chi connectivity index (χ4v) is 2.44. The van der Waals surface area contributed by atoms with Crippen LogP contribution >= 0.6 is 0 Å². The Morgan fingerprint density at radius 2 is 1.92 bits per heavy atom. The second kappa shape index (κ2) is 7.98. The Bertz CT molecular complexity index is 886. The maximum absolute atomic E-state index is 11.8. The summed E-state index contributed by atoms with van der Waals surface area (Å²) in [5.41, 5.74) is 7.09. The van der Waals surface area contributed by atoms with E-state index in [1.54, 1.807) is 19.4 Å². The maximum Gasteiger partial charge on any atom is 0.244 e. The summed E-state index contributed by atoms with van der Waals surface area (Å²) in [6.45, 7) is 0. The van der Waals surface area contributed by atoms with E-state index >= 15 is 0 Å². The van der Waals surface area contributed by atoms with Crippen molar-refractivity contribution in [3.63, 3.8) is 0 Å². The zero-order valence-corrected chi connectivity index (χ0v) is 14.2. The molecule has 2 aromatic carbocycles. The van der Waals surface area contributed by atoms with Gasteiger partial charge in [0.1, 0.15) is 17.6 Å². The Morgan fingerprint density at radius 3 is 2.65 bits per heavy atom. The van der Waals surface area contributed by atoms with Crippen LogP contribution in [-0.4, -0.2) is 23.0 Å². The Hall–Kier alpha value is -3.61. The zero-order valence-electron chi connectivity index (χ0n) is 14.2. The van der Waals surface area contributed by atoms with Crippen molar-refractivity contribution in [2.45, 2.75) is 6.04 Å². The topological polar surface area (TPSA) is 102 Å². The van der Waals surface area contributed by atoms with Crippen LogP contribution in [0.4, 0.5) is 17.5 Å². The molecule has 0 unspecified atom stereocenters. The molecule has 0 bridgehead atoms. The molecule has 3 aromatic rings. The van der Waals surface area contributed by atoms with Crippen LogP contribution in [0.5, 0.6) is 5.75 Å². The van der Waals surface area contributed by atoms with Gasteiger partial charge in [-0.3, -0.25) is 4.79 Å². The number of benzene rings is 2. The first-order chi connectivity index (χ1) is 12.7. The van der Waals surface area contributed by atoms with Crippen LogP contribution in [0.1, 0.15) is 11.6 Å². The van der Waals surface area contributed by atoms with E-state index in [0.29, 0.717) is 11.8 Å². The zero-order chi connectivity index (χ0) is 18.4. The normalized spacial score (nSPS) is 11.4. The van der Waals surface area contributed by atoms with Crippen molar-refractivity contribution >= 4 is 23.4 Å². The van der Waals surface area contributed by atoms with Crippen LogP contribution in [0, 0.1) is 0 Å². The minimum Gasteiger partial charge on any atom is -0.497 e. The number of hydrogen-bond acceptors (Lipinski definition) is 6. The van der Waals surface area contributed by atoms with Crippen molar-refractivity contribution < 1.29 is 9.53 Å². The molecule has 0 saturated carbocycles. The molecule has 26 heavy (non-hydrogen) atoms. The summed E-state index contributed by atoms with van der Waals surface area (Å²) in [5, 5.41) is 6.16. The second-order valence-electron chi connectivity index (χ2n) is 5.51. The van der Waals surface area contributed by atoms with Gasteiger partial charge in [0, 0.05) is 18.0 Å². The third kappa shape index (κ3) is 4.27. The maximum atomic E-state index is 11.8. The lowest BCUT2D eigenvalue weighted by atomic mass is 10.1. The number of methoxy groups -OCH3 is 1. The van der Waals surface area contributed by atoms with Gasteiger partial charge in [0.25, 0.3) is 0 Å². The molecule has 0 aliphatic heterocycles. The largest absolute Gasteiger partial charge is 0.497 e. The number of aromatic nitrogens is 2. The van der Waals surface area contributed by atoms with Crippen LogP contribution < -0.4 is 21.1 Å². The van der Waals surface area contributed by atoms with Crippen molar-refractivity contribution in [3.05, 3.63) is 72.4 Å². The number of anilines is 3. The van der Waals surface area contributed by atoms with Crippen molar-refractivity contribution in [3.8, 4) is 5.75 Å². The summed E-state index contributed by atoms with van der Waals surface area (Å²) in [4.78, 5) is 20.4. The highest BCUT2D eigenvalue weighted by Gasteiger charge is 2.18. The van der Waals surface area contributed by atoms with Gasteiger partial charge in [0.05, 0.1) is 7.11 Å². The van der Waals surface area contributed by atoms with E-state index in [1.165, 1.54) is 0 Å². The van der Waals surface area contributed by atoms with Crippen LogP contribution in [0.3, 0.4) is 0 Å². The Labute approximate surface area is 151 Å². The number of nitrogens with two attached hydrogens (primary N) is 1. The number of nitrogens with one attached hydrogen (secondary N) is 2. The SMILES string of the molecule is COc1cccc(Nc2ccnc(N[C@@H](C(N)=O)c3ccccc3)n2)c1. The monoisotopic (exact) mass is 349 g/mol. The first-order valence-electron chi connectivity index (χ1n) is 8.00. The number of amides is 1. The quantitative estimate of drug-likeness (QED) is 0.606. The van der Waals surface area contributed by atoms with Gasteiger partial charge in [0.2, 0.25) is 11.9 Å². The van der Waals surface area contributed by atoms with E-state index in [-0.39, 0.29) is 0 Å². The molecule has 4 N–H and O–H groups in total. The molecule has 1 aromatic heterocycles. The molecule has 1 amide bonds. The van der Waals surface area contributed by atoms with Crippen LogP contribution in [0.15, 0.2) is 66.9 Å². The molecule has 7 nitrogen and oxygen atoms in total. The van der Waals surface area contributed by atoms with Crippen molar-refractivity contribution in [2.24, 2.45) is 5.73 Å². The fourth-order valence-electron chi connectivity index (χ4n) is 2.44. The molecule has 0 spiro atoms. The minimum atomic E-state index is -0.719. The summed E-state index contributed by atoms with van der Waals surface area (Å²) in [6.07, 6.45) is 1.60. The lowest BCUT2D eigenvalue weighted by molar-refractivity contribution is -0.118. The minimum absolute atomic E-state index is 0.297. The standard InChI is InChI=1S/C19H19N5O2/c1-26-15-9-5-8-14(12-15)22-16-10-11-21-19(23-16)24-17(18(20)25)13-6-3-2-4-7-13/h2-12,17H,1H3,(H2,20,25)(H2,21,22,23,24)/t17-/m1/s1. The van der Waals surface area contributed by atoms with E-state index in [0.717, 1.165) is 17.0 Å². The van der Waals surface area contributed by atoms with E-state index in [9.17, 15) is 4.79 Å². The summed E-state index contributed by atoms with van der Waals surface area (Å²) in [6, 6.07) is 17.7. The van der Waals surface area contributed by atoms with Gasteiger partial charge < -0.3 is 21.1 Å². The van der Waals surface area contributed by atoms with Crippen molar-refractivity contribution in [2.75, 3.05) is 17.7 Å². The highest BCUT2D eigenvalue weighted by molar-refractivity contribution is 5.84. The number of carbonyl (C=O) groups is 1. The van der Waals surface area contributed by atoms with Gasteiger partial charge in [-0.05, 0) is 23.8 Å². The van der Waals surface area contributed by atoms with Gasteiger partial charge in [-0.25, -0.2) is 4.98 Å². The summed E-state index contributed by atoms with van der Waals surface area (Å²) in [7, 11) is 1.61. The van der Waals surface area contributed by atoms with Crippen LogP contribution in [-0.2, 0) is 4.79 Å². The molecule has 0 saturated heterocycles. The number of nitrogens with zero attached hydrogens (tertiary/aromatic N) is 2. The van der Waals surface area contributed by atoms with Crippen LogP contribution in [0.25, 0.3) is 0 Å². The molecular weight excluding hydrogens is 330 g/mol. The summed E-state index contributed by atoms with van der Waals surface area (Å²) in [5.74, 6) is 1.10. The second-order valence-corrected chi connectivity index (χ2v) is 5.51. The molecule has 0 radical (unpaired) electrons. The molecule has 0 aliphatic rings. The third-order valence-electron chi connectivity index (χ3n) is 3.69. The first kappa shape index (κ1) is 17.2. The Morgan fingerprint density at radius 1 is 1.12 bits per heavy atom. The van der Waals surface area contributed by atoms with Gasteiger partial charge in [-0.1, -0.05) is 36.4 Å². The van der Waals surface area contributed by atoms with E-state index in [2.05, 4.69) is 20.6 Å². The number of primary amides is 1. The predicted molar refractivity (Wildman–Crippen MR) is 100 cm³/mol. The number of carbonyl (C=O) groups excluding carboxylic acids is 1. The third-order valence-corrected chi connectivity index (χ3v) is 3.69. The molecule has 1 atom stereocenters. The van der Waals surface area contributed by atoms with E-state index < -0.39 is 11.9 Å². The van der Waals surface area contributed by atoms with E-state index in [4.69, 9.17) is 10.5 Å². The van der Waals surface area contributed by atoms with E-state index in [1.807, 2.05) is 54.6 Å².